The average molecular weight is 234 g/mol. The molecule has 4 heteroatoms. The maximum atomic E-state index is 11.7. The number of methoxy groups -OCH3 is 1. The van der Waals surface area contributed by atoms with Gasteiger partial charge in [-0.3, -0.25) is 9.59 Å². The molecule has 90 valence electrons. The summed E-state index contributed by atoms with van der Waals surface area (Å²) in [7, 11) is 1.34. The zero-order valence-corrected chi connectivity index (χ0v) is 9.59. The van der Waals surface area contributed by atoms with E-state index in [1.165, 1.54) is 7.11 Å². The van der Waals surface area contributed by atoms with Crippen LogP contribution in [0.5, 0.6) is 0 Å². The van der Waals surface area contributed by atoms with E-state index in [2.05, 4.69) is 0 Å². The van der Waals surface area contributed by atoms with Crippen LogP contribution >= 0.6 is 0 Å². The van der Waals surface area contributed by atoms with Crippen LogP contribution in [0.3, 0.4) is 0 Å². The molecule has 1 aromatic rings. The Morgan fingerprint density at radius 1 is 1.35 bits per heavy atom. The zero-order chi connectivity index (χ0) is 12.3. The van der Waals surface area contributed by atoms with E-state index < -0.39 is 5.92 Å². The zero-order valence-electron chi connectivity index (χ0n) is 9.59. The Kier molecular flexibility index (Phi) is 3.42. The molecule has 1 aliphatic heterocycles. The molecular weight excluding hydrogens is 220 g/mol. The molecule has 0 saturated carbocycles. The number of esters is 2. The highest BCUT2D eigenvalue weighted by atomic mass is 16.5. The largest absolute Gasteiger partial charge is 0.469 e. The molecule has 2 rings (SSSR count). The molecule has 0 bridgehead atoms. The first kappa shape index (κ1) is 11.6. The minimum atomic E-state index is -0.441. The fraction of sp³-hybridized carbons (Fsp3) is 0.385. The number of cyclic esters (lactones) is 1. The van der Waals surface area contributed by atoms with Gasteiger partial charge in [-0.15, -0.1) is 0 Å². The van der Waals surface area contributed by atoms with Gasteiger partial charge in [0.2, 0.25) is 0 Å². The Hall–Kier alpha value is -1.84. The summed E-state index contributed by atoms with van der Waals surface area (Å²) >= 11 is 0. The van der Waals surface area contributed by atoms with Crippen molar-refractivity contribution in [1.82, 2.24) is 0 Å². The predicted molar refractivity (Wildman–Crippen MR) is 60.3 cm³/mol. The Morgan fingerprint density at radius 3 is 2.71 bits per heavy atom. The molecule has 0 aromatic heterocycles. The van der Waals surface area contributed by atoms with Gasteiger partial charge < -0.3 is 9.47 Å². The molecule has 0 amide bonds. The van der Waals surface area contributed by atoms with Crippen molar-refractivity contribution in [2.45, 2.75) is 12.3 Å². The summed E-state index contributed by atoms with van der Waals surface area (Å²) < 4.78 is 9.77. The summed E-state index contributed by atoms with van der Waals surface area (Å²) in [5, 5.41) is 0. The van der Waals surface area contributed by atoms with E-state index in [0.717, 1.165) is 5.56 Å². The summed E-state index contributed by atoms with van der Waals surface area (Å²) in [6.45, 7) is 0.239. The van der Waals surface area contributed by atoms with Gasteiger partial charge in [-0.2, -0.15) is 0 Å². The van der Waals surface area contributed by atoms with Gasteiger partial charge in [0, 0.05) is 5.92 Å². The molecule has 1 heterocycles. The van der Waals surface area contributed by atoms with Crippen LogP contribution in [-0.4, -0.2) is 25.7 Å². The van der Waals surface area contributed by atoms with Crippen LogP contribution in [-0.2, 0) is 19.1 Å². The second-order valence-electron chi connectivity index (χ2n) is 4.03. The molecule has 0 unspecified atom stereocenters. The van der Waals surface area contributed by atoms with Crippen molar-refractivity contribution in [3.63, 3.8) is 0 Å². The molecule has 1 aromatic carbocycles. The summed E-state index contributed by atoms with van der Waals surface area (Å²) in [6, 6.07) is 9.57. The smallest absolute Gasteiger partial charge is 0.310 e. The summed E-state index contributed by atoms with van der Waals surface area (Å²) in [4.78, 5) is 22.9. The van der Waals surface area contributed by atoms with Crippen molar-refractivity contribution in [3.8, 4) is 0 Å². The number of ether oxygens (including phenoxy) is 2. The summed E-state index contributed by atoms with van der Waals surface area (Å²) in [5.74, 6) is -1.24. The van der Waals surface area contributed by atoms with Gasteiger partial charge in [-0.05, 0) is 5.56 Å². The van der Waals surface area contributed by atoms with Gasteiger partial charge in [0.1, 0.15) is 0 Å². The van der Waals surface area contributed by atoms with Crippen molar-refractivity contribution in [3.05, 3.63) is 35.9 Å². The summed E-state index contributed by atoms with van der Waals surface area (Å²) in [6.07, 6.45) is 0.0895. The molecule has 1 saturated heterocycles. The monoisotopic (exact) mass is 234 g/mol. The van der Waals surface area contributed by atoms with E-state index in [9.17, 15) is 9.59 Å². The lowest BCUT2D eigenvalue weighted by Gasteiger charge is -2.29. The highest BCUT2D eigenvalue weighted by Gasteiger charge is 2.37. The topological polar surface area (TPSA) is 52.6 Å². The lowest BCUT2D eigenvalue weighted by molar-refractivity contribution is -0.161. The van der Waals surface area contributed by atoms with Crippen LogP contribution in [0.15, 0.2) is 30.3 Å². The van der Waals surface area contributed by atoms with Gasteiger partial charge in [-0.25, -0.2) is 0 Å². The van der Waals surface area contributed by atoms with E-state index in [1.54, 1.807) is 0 Å². The van der Waals surface area contributed by atoms with Crippen molar-refractivity contribution in [2.75, 3.05) is 13.7 Å². The van der Waals surface area contributed by atoms with Crippen molar-refractivity contribution >= 4 is 11.9 Å². The van der Waals surface area contributed by atoms with Gasteiger partial charge in [0.05, 0.1) is 26.1 Å². The van der Waals surface area contributed by atoms with Crippen molar-refractivity contribution in [2.24, 2.45) is 5.92 Å². The van der Waals surface area contributed by atoms with Crippen LogP contribution in [0.1, 0.15) is 17.9 Å². The quantitative estimate of drug-likeness (QED) is 0.728. The van der Waals surface area contributed by atoms with Crippen molar-refractivity contribution in [1.29, 1.82) is 0 Å². The number of carbonyl (C=O) groups excluding carboxylic acids is 2. The number of benzene rings is 1. The van der Waals surface area contributed by atoms with E-state index in [-0.39, 0.29) is 30.9 Å². The number of hydrogen-bond acceptors (Lipinski definition) is 4. The maximum Gasteiger partial charge on any atom is 0.310 e. The summed E-state index contributed by atoms with van der Waals surface area (Å²) in [5.41, 5.74) is 0.996. The Labute approximate surface area is 99.5 Å². The van der Waals surface area contributed by atoms with Gasteiger partial charge >= 0.3 is 11.9 Å². The molecule has 0 spiro atoms. The standard InChI is InChI=1S/C13H14O4/c1-16-13(15)10-7-12(14)17-8-11(10)9-5-3-2-4-6-9/h2-6,10-11H,7-8H2,1H3/t10-,11+/m0/s1. The second kappa shape index (κ2) is 4.99. The molecule has 0 radical (unpaired) electrons. The molecule has 0 aliphatic carbocycles. The third kappa shape index (κ3) is 2.46. The number of carbonyl (C=O) groups is 2. The first-order chi connectivity index (χ1) is 8.22. The van der Waals surface area contributed by atoms with Crippen LogP contribution in [0.4, 0.5) is 0 Å². The first-order valence-corrected chi connectivity index (χ1v) is 5.50. The van der Waals surface area contributed by atoms with Crippen LogP contribution in [0.2, 0.25) is 0 Å². The Balaban J connectivity index is 2.24. The molecule has 0 N–H and O–H groups in total. The fourth-order valence-corrected chi connectivity index (χ4v) is 2.11. The molecule has 1 fully saturated rings. The first-order valence-electron chi connectivity index (χ1n) is 5.50. The van der Waals surface area contributed by atoms with E-state index >= 15 is 0 Å². The highest BCUT2D eigenvalue weighted by molar-refractivity contribution is 5.82. The second-order valence-corrected chi connectivity index (χ2v) is 4.03. The number of rotatable bonds is 2. The fourth-order valence-electron chi connectivity index (χ4n) is 2.11. The van der Waals surface area contributed by atoms with Crippen LogP contribution in [0.25, 0.3) is 0 Å². The minimum Gasteiger partial charge on any atom is -0.469 e. The predicted octanol–water partition coefficient (Wildman–Crippen LogP) is 1.51. The van der Waals surface area contributed by atoms with E-state index in [1.807, 2.05) is 30.3 Å². The van der Waals surface area contributed by atoms with E-state index in [4.69, 9.17) is 9.47 Å². The molecule has 2 atom stereocenters. The third-order valence-electron chi connectivity index (χ3n) is 3.03. The average Bonchev–Trinajstić information content (AvgIpc) is 2.38. The van der Waals surface area contributed by atoms with Gasteiger partial charge in [0.15, 0.2) is 0 Å². The van der Waals surface area contributed by atoms with E-state index in [0.29, 0.717) is 0 Å². The van der Waals surface area contributed by atoms with Crippen molar-refractivity contribution < 1.29 is 19.1 Å². The molecular formula is C13H14O4. The van der Waals surface area contributed by atoms with Gasteiger partial charge in [-0.1, -0.05) is 30.3 Å². The molecule has 17 heavy (non-hydrogen) atoms. The Morgan fingerprint density at radius 2 is 2.06 bits per heavy atom. The van der Waals surface area contributed by atoms with Crippen LogP contribution in [0, 0.1) is 5.92 Å². The third-order valence-corrected chi connectivity index (χ3v) is 3.03. The SMILES string of the molecule is COC(=O)[C@H]1CC(=O)OC[C@@H]1c1ccccc1. The Bertz CT molecular complexity index is 413. The van der Waals surface area contributed by atoms with Crippen LogP contribution < -0.4 is 0 Å². The maximum absolute atomic E-state index is 11.7. The molecule has 1 aliphatic rings. The highest BCUT2D eigenvalue weighted by Crippen LogP contribution is 2.32. The molecule has 4 nitrogen and oxygen atoms in total. The minimum absolute atomic E-state index is 0.0895. The van der Waals surface area contributed by atoms with Gasteiger partial charge in [0.25, 0.3) is 0 Å². The lowest BCUT2D eigenvalue weighted by Crippen LogP contribution is -2.34. The number of hydrogen-bond donors (Lipinski definition) is 0. The lowest BCUT2D eigenvalue weighted by atomic mass is 9.83. The normalized spacial score (nSPS) is 23.9.